The fraction of sp³-hybridized carbons (Fsp3) is 0.867. The minimum atomic E-state index is -0.125. The summed E-state index contributed by atoms with van der Waals surface area (Å²) in [4.78, 5) is 26.0. The smallest absolute Gasteiger partial charge is 0.225 e. The van der Waals surface area contributed by atoms with Crippen LogP contribution in [0, 0.1) is 11.8 Å². The highest BCUT2D eigenvalue weighted by Gasteiger charge is 2.38. The van der Waals surface area contributed by atoms with Crippen LogP contribution < -0.4 is 5.32 Å². The van der Waals surface area contributed by atoms with Gasteiger partial charge in [0.15, 0.2) is 0 Å². The lowest BCUT2D eigenvalue weighted by Gasteiger charge is -2.23. The lowest BCUT2D eigenvalue weighted by atomic mass is 10.1. The first kappa shape index (κ1) is 14.4. The van der Waals surface area contributed by atoms with Gasteiger partial charge in [-0.15, -0.1) is 0 Å². The first-order valence-corrected chi connectivity index (χ1v) is 7.65. The second-order valence-electron chi connectivity index (χ2n) is 6.36. The topological polar surface area (TPSA) is 49.4 Å². The van der Waals surface area contributed by atoms with Gasteiger partial charge in [0.2, 0.25) is 11.8 Å². The molecule has 4 nitrogen and oxygen atoms in total. The summed E-state index contributed by atoms with van der Waals surface area (Å²) in [6.45, 7) is 5.65. The van der Waals surface area contributed by atoms with Gasteiger partial charge in [0, 0.05) is 25.6 Å². The Hall–Kier alpha value is -1.06. The van der Waals surface area contributed by atoms with E-state index in [0.717, 1.165) is 25.8 Å². The molecule has 0 bridgehead atoms. The molecular formula is C15H26N2O2. The van der Waals surface area contributed by atoms with E-state index in [-0.39, 0.29) is 17.7 Å². The summed E-state index contributed by atoms with van der Waals surface area (Å²) < 4.78 is 0. The summed E-state index contributed by atoms with van der Waals surface area (Å²) in [5.74, 6) is 0.714. The van der Waals surface area contributed by atoms with Crippen LogP contribution in [-0.4, -0.2) is 35.8 Å². The second kappa shape index (κ2) is 6.40. The van der Waals surface area contributed by atoms with Crippen molar-refractivity contribution >= 4 is 11.8 Å². The van der Waals surface area contributed by atoms with E-state index in [1.54, 1.807) is 0 Å². The molecule has 2 aliphatic rings. The van der Waals surface area contributed by atoms with Crippen LogP contribution in [0.15, 0.2) is 0 Å². The maximum atomic E-state index is 12.0. The van der Waals surface area contributed by atoms with Crippen LogP contribution in [0.4, 0.5) is 0 Å². The minimum absolute atomic E-state index is 0.0643. The molecule has 4 heteroatoms. The van der Waals surface area contributed by atoms with Gasteiger partial charge in [0.05, 0.1) is 5.92 Å². The standard InChI is InChI=1S/C15H26N2O2/c1-11(2)7-8-16-15(19)12-9-14(18)17(10-12)13-5-3-4-6-13/h11-13H,3-10H2,1-2H3,(H,16,19)/t12-/m1/s1. The molecular weight excluding hydrogens is 240 g/mol. The fourth-order valence-corrected chi connectivity index (χ4v) is 3.10. The van der Waals surface area contributed by atoms with E-state index < -0.39 is 0 Å². The summed E-state index contributed by atoms with van der Waals surface area (Å²) in [5.41, 5.74) is 0. The molecule has 1 atom stereocenters. The Morgan fingerprint density at radius 2 is 2.05 bits per heavy atom. The quantitative estimate of drug-likeness (QED) is 0.826. The van der Waals surface area contributed by atoms with E-state index >= 15 is 0 Å². The third kappa shape index (κ3) is 3.71. The van der Waals surface area contributed by atoms with E-state index in [0.29, 0.717) is 24.9 Å². The van der Waals surface area contributed by atoms with Crippen molar-refractivity contribution in [3.63, 3.8) is 0 Å². The van der Waals surface area contributed by atoms with Crippen LogP contribution in [0.5, 0.6) is 0 Å². The fourth-order valence-electron chi connectivity index (χ4n) is 3.10. The van der Waals surface area contributed by atoms with Crippen molar-refractivity contribution in [3.8, 4) is 0 Å². The highest BCUT2D eigenvalue weighted by Crippen LogP contribution is 2.29. The number of carbonyl (C=O) groups excluding carboxylic acids is 2. The Morgan fingerprint density at radius 1 is 1.37 bits per heavy atom. The van der Waals surface area contributed by atoms with E-state index in [9.17, 15) is 9.59 Å². The average molecular weight is 266 g/mol. The molecule has 0 aromatic heterocycles. The Bertz CT molecular complexity index is 335. The van der Waals surface area contributed by atoms with E-state index in [4.69, 9.17) is 0 Å². The predicted molar refractivity (Wildman–Crippen MR) is 74.5 cm³/mol. The largest absolute Gasteiger partial charge is 0.356 e. The van der Waals surface area contributed by atoms with E-state index in [1.807, 2.05) is 4.90 Å². The Labute approximate surface area is 115 Å². The summed E-state index contributed by atoms with van der Waals surface area (Å²) >= 11 is 0. The summed E-state index contributed by atoms with van der Waals surface area (Å²) in [6.07, 6.45) is 6.09. The van der Waals surface area contributed by atoms with Crippen LogP contribution in [0.25, 0.3) is 0 Å². The molecule has 108 valence electrons. The Kier molecular flexibility index (Phi) is 4.83. The molecule has 19 heavy (non-hydrogen) atoms. The molecule has 0 aromatic rings. The molecule has 2 fully saturated rings. The van der Waals surface area contributed by atoms with Gasteiger partial charge in [0.1, 0.15) is 0 Å². The monoisotopic (exact) mass is 266 g/mol. The molecule has 1 aliphatic carbocycles. The number of likely N-dealkylation sites (tertiary alicyclic amines) is 1. The predicted octanol–water partition coefficient (Wildman–Crippen LogP) is 1.94. The summed E-state index contributed by atoms with van der Waals surface area (Å²) in [6, 6.07) is 0.404. The van der Waals surface area contributed by atoms with Crippen molar-refractivity contribution < 1.29 is 9.59 Å². The van der Waals surface area contributed by atoms with Crippen molar-refractivity contribution in [2.75, 3.05) is 13.1 Å². The zero-order valence-electron chi connectivity index (χ0n) is 12.2. The zero-order valence-corrected chi connectivity index (χ0v) is 12.2. The number of carbonyl (C=O) groups is 2. The number of rotatable bonds is 5. The average Bonchev–Trinajstić information content (AvgIpc) is 2.96. The zero-order chi connectivity index (χ0) is 13.8. The molecule has 1 saturated carbocycles. The number of hydrogen-bond acceptors (Lipinski definition) is 2. The number of nitrogens with zero attached hydrogens (tertiary/aromatic N) is 1. The number of hydrogen-bond donors (Lipinski definition) is 1. The van der Waals surface area contributed by atoms with E-state index in [1.165, 1.54) is 12.8 Å². The van der Waals surface area contributed by atoms with Crippen molar-refractivity contribution in [3.05, 3.63) is 0 Å². The third-order valence-electron chi connectivity index (χ3n) is 4.32. The van der Waals surface area contributed by atoms with Gasteiger partial charge in [-0.25, -0.2) is 0 Å². The molecule has 1 N–H and O–H groups in total. The Balaban J connectivity index is 1.79. The van der Waals surface area contributed by atoms with E-state index in [2.05, 4.69) is 19.2 Å². The lowest BCUT2D eigenvalue weighted by molar-refractivity contribution is -0.130. The highest BCUT2D eigenvalue weighted by molar-refractivity contribution is 5.89. The van der Waals surface area contributed by atoms with Gasteiger partial charge in [-0.2, -0.15) is 0 Å². The SMILES string of the molecule is CC(C)CCNC(=O)[C@@H]1CC(=O)N(C2CCCC2)C1. The maximum absolute atomic E-state index is 12.0. The van der Waals surface area contributed by atoms with Crippen LogP contribution in [-0.2, 0) is 9.59 Å². The van der Waals surface area contributed by atoms with Crippen LogP contribution >= 0.6 is 0 Å². The molecule has 0 unspecified atom stereocenters. The first-order chi connectivity index (χ1) is 9.08. The van der Waals surface area contributed by atoms with Crippen molar-refractivity contribution in [2.24, 2.45) is 11.8 Å². The molecule has 2 amide bonds. The van der Waals surface area contributed by atoms with Crippen LogP contribution in [0.1, 0.15) is 52.4 Å². The minimum Gasteiger partial charge on any atom is -0.356 e. The van der Waals surface area contributed by atoms with Crippen LogP contribution in [0.3, 0.4) is 0 Å². The van der Waals surface area contributed by atoms with Crippen molar-refractivity contribution in [2.45, 2.75) is 58.4 Å². The lowest BCUT2D eigenvalue weighted by Crippen LogP contribution is -2.37. The molecule has 0 radical (unpaired) electrons. The van der Waals surface area contributed by atoms with Gasteiger partial charge < -0.3 is 10.2 Å². The summed E-state index contributed by atoms with van der Waals surface area (Å²) in [5, 5.41) is 2.97. The van der Waals surface area contributed by atoms with Crippen LogP contribution in [0.2, 0.25) is 0 Å². The molecule has 0 spiro atoms. The maximum Gasteiger partial charge on any atom is 0.225 e. The van der Waals surface area contributed by atoms with Crippen molar-refractivity contribution in [1.29, 1.82) is 0 Å². The van der Waals surface area contributed by atoms with Gasteiger partial charge in [-0.05, 0) is 25.2 Å². The molecule has 1 heterocycles. The third-order valence-corrected chi connectivity index (χ3v) is 4.32. The number of nitrogens with one attached hydrogen (secondary N) is 1. The highest BCUT2D eigenvalue weighted by atomic mass is 16.2. The van der Waals surface area contributed by atoms with Gasteiger partial charge in [-0.3, -0.25) is 9.59 Å². The first-order valence-electron chi connectivity index (χ1n) is 7.65. The second-order valence-corrected chi connectivity index (χ2v) is 6.36. The molecule has 2 rings (SSSR count). The molecule has 0 aromatic carbocycles. The number of amides is 2. The molecule has 1 saturated heterocycles. The summed E-state index contributed by atoms with van der Waals surface area (Å²) in [7, 11) is 0. The van der Waals surface area contributed by atoms with Gasteiger partial charge in [0.25, 0.3) is 0 Å². The molecule has 1 aliphatic heterocycles. The Morgan fingerprint density at radius 3 is 2.68 bits per heavy atom. The normalized spacial score (nSPS) is 24.5. The van der Waals surface area contributed by atoms with Crippen molar-refractivity contribution in [1.82, 2.24) is 10.2 Å². The van der Waals surface area contributed by atoms with Gasteiger partial charge in [-0.1, -0.05) is 26.7 Å². The van der Waals surface area contributed by atoms with Gasteiger partial charge >= 0.3 is 0 Å².